The molecule has 5 heteroatoms. The molecule has 1 atom stereocenters. The molecule has 0 bridgehead atoms. The van der Waals surface area contributed by atoms with Crippen molar-refractivity contribution < 1.29 is 0 Å². The highest BCUT2D eigenvalue weighted by molar-refractivity contribution is 5.23. The standard InChI is InChI=1S/C12H19N5/c1-4-16-10(6-7-14-16)12(13)11-8-9(3)15-17(11)5-2/h6-8,12H,4-5,13H2,1-3H3. The molecule has 2 aromatic rings. The third-order valence-electron chi connectivity index (χ3n) is 2.92. The lowest BCUT2D eigenvalue weighted by Gasteiger charge is -2.14. The quantitative estimate of drug-likeness (QED) is 0.870. The van der Waals surface area contributed by atoms with Crippen LogP contribution in [-0.4, -0.2) is 19.6 Å². The van der Waals surface area contributed by atoms with E-state index in [4.69, 9.17) is 5.73 Å². The van der Waals surface area contributed by atoms with Gasteiger partial charge in [-0.15, -0.1) is 0 Å². The average molecular weight is 233 g/mol. The summed E-state index contributed by atoms with van der Waals surface area (Å²) in [4.78, 5) is 0. The third-order valence-corrected chi connectivity index (χ3v) is 2.92. The molecule has 0 aliphatic heterocycles. The van der Waals surface area contributed by atoms with Gasteiger partial charge in [-0.25, -0.2) is 0 Å². The highest BCUT2D eigenvalue weighted by Crippen LogP contribution is 2.20. The molecule has 0 amide bonds. The van der Waals surface area contributed by atoms with E-state index in [9.17, 15) is 0 Å². The van der Waals surface area contributed by atoms with Crippen LogP contribution in [0.5, 0.6) is 0 Å². The Kier molecular flexibility index (Phi) is 3.28. The molecule has 92 valence electrons. The second-order valence-electron chi connectivity index (χ2n) is 4.08. The summed E-state index contributed by atoms with van der Waals surface area (Å²) in [5.74, 6) is 0. The monoisotopic (exact) mass is 233 g/mol. The van der Waals surface area contributed by atoms with Gasteiger partial charge in [0, 0.05) is 19.3 Å². The van der Waals surface area contributed by atoms with Crippen LogP contribution >= 0.6 is 0 Å². The maximum Gasteiger partial charge on any atom is 0.0893 e. The molecule has 2 heterocycles. The zero-order valence-electron chi connectivity index (χ0n) is 10.6. The summed E-state index contributed by atoms with van der Waals surface area (Å²) >= 11 is 0. The second kappa shape index (κ2) is 4.71. The molecule has 0 aromatic carbocycles. The minimum atomic E-state index is -0.168. The van der Waals surface area contributed by atoms with Crippen LogP contribution in [-0.2, 0) is 13.1 Å². The Balaban J connectivity index is 2.39. The van der Waals surface area contributed by atoms with Crippen molar-refractivity contribution in [3.05, 3.63) is 35.4 Å². The molecule has 1 unspecified atom stereocenters. The second-order valence-corrected chi connectivity index (χ2v) is 4.08. The van der Waals surface area contributed by atoms with Crippen molar-refractivity contribution >= 4 is 0 Å². The smallest absolute Gasteiger partial charge is 0.0893 e. The molecular formula is C12H19N5. The van der Waals surface area contributed by atoms with Crippen LogP contribution in [0.15, 0.2) is 18.3 Å². The molecule has 17 heavy (non-hydrogen) atoms. The van der Waals surface area contributed by atoms with Crippen LogP contribution in [0.3, 0.4) is 0 Å². The molecule has 2 N–H and O–H groups in total. The Hall–Kier alpha value is -1.62. The Bertz CT molecular complexity index is 497. The van der Waals surface area contributed by atoms with E-state index in [1.54, 1.807) is 6.20 Å². The van der Waals surface area contributed by atoms with E-state index in [1.807, 2.05) is 28.4 Å². The first-order valence-corrected chi connectivity index (χ1v) is 5.99. The lowest BCUT2D eigenvalue weighted by molar-refractivity contribution is 0.556. The summed E-state index contributed by atoms with van der Waals surface area (Å²) in [6.07, 6.45) is 1.79. The van der Waals surface area contributed by atoms with Crippen molar-refractivity contribution in [2.45, 2.75) is 39.9 Å². The van der Waals surface area contributed by atoms with Crippen molar-refractivity contribution in [1.82, 2.24) is 19.6 Å². The van der Waals surface area contributed by atoms with Crippen LogP contribution in [0.25, 0.3) is 0 Å². The summed E-state index contributed by atoms with van der Waals surface area (Å²) in [6, 6.07) is 3.84. The van der Waals surface area contributed by atoms with Crippen LogP contribution in [0, 0.1) is 6.92 Å². The Labute approximate surface area is 101 Å². The Morgan fingerprint density at radius 3 is 2.59 bits per heavy atom. The molecule has 5 nitrogen and oxygen atoms in total. The molecular weight excluding hydrogens is 214 g/mol. The van der Waals surface area contributed by atoms with Gasteiger partial charge in [0.05, 0.1) is 23.1 Å². The minimum Gasteiger partial charge on any atom is -0.318 e. The van der Waals surface area contributed by atoms with E-state index in [0.717, 1.165) is 30.2 Å². The predicted octanol–water partition coefficient (Wildman–Crippen LogP) is 1.48. The van der Waals surface area contributed by atoms with Crippen LogP contribution in [0.4, 0.5) is 0 Å². The van der Waals surface area contributed by atoms with Gasteiger partial charge >= 0.3 is 0 Å². The van der Waals surface area contributed by atoms with Gasteiger partial charge in [0.1, 0.15) is 0 Å². The average Bonchev–Trinajstić information content (AvgIpc) is 2.93. The molecule has 2 aromatic heterocycles. The van der Waals surface area contributed by atoms with Gasteiger partial charge in [0.25, 0.3) is 0 Å². The van der Waals surface area contributed by atoms with E-state index >= 15 is 0 Å². The maximum absolute atomic E-state index is 6.31. The fourth-order valence-corrected chi connectivity index (χ4v) is 2.09. The first-order chi connectivity index (χ1) is 8.17. The normalized spacial score (nSPS) is 12.9. The fourth-order valence-electron chi connectivity index (χ4n) is 2.09. The predicted molar refractivity (Wildman–Crippen MR) is 66.6 cm³/mol. The maximum atomic E-state index is 6.31. The van der Waals surface area contributed by atoms with Crippen molar-refractivity contribution in [1.29, 1.82) is 0 Å². The number of rotatable bonds is 4. The van der Waals surface area contributed by atoms with Crippen molar-refractivity contribution in [3.8, 4) is 0 Å². The summed E-state index contributed by atoms with van der Waals surface area (Å²) < 4.78 is 3.88. The van der Waals surface area contributed by atoms with Gasteiger partial charge in [-0.1, -0.05) is 0 Å². The van der Waals surface area contributed by atoms with E-state index in [2.05, 4.69) is 24.0 Å². The van der Waals surface area contributed by atoms with Crippen molar-refractivity contribution in [3.63, 3.8) is 0 Å². The molecule has 0 saturated heterocycles. The Morgan fingerprint density at radius 2 is 1.94 bits per heavy atom. The van der Waals surface area contributed by atoms with Crippen LogP contribution < -0.4 is 5.73 Å². The third kappa shape index (κ3) is 2.10. The Morgan fingerprint density at radius 1 is 1.24 bits per heavy atom. The van der Waals surface area contributed by atoms with Crippen LogP contribution in [0.1, 0.15) is 37.0 Å². The topological polar surface area (TPSA) is 61.7 Å². The molecule has 0 fully saturated rings. The molecule has 2 rings (SSSR count). The van der Waals surface area contributed by atoms with Crippen molar-refractivity contribution in [2.24, 2.45) is 5.73 Å². The molecule has 0 aliphatic carbocycles. The SMILES string of the molecule is CCn1nccc1C(N)c1cc(C)nn1CC. The first-order valence-electron chi connectivity index (χ1n) is 5.99. The minimum absolute atomic E-state index is 0.168. The van der Waals surface area contributed by atoms with Gasteiger partial charge in [-0.2, -0.15) is 10.2 Å². The molecule has 0 radical (unpaired) electrons. The number of hydrogen-bond acceptors (Lipinski definition) is 3. The van der Waals surface area contributed by atoms with Crippen molar-refractivity contribution in [2.75, 3.05) is 0 Å². The zero-order valence-corrected chi connectivity index (χ0v) is 10.6. The van der Waals surface area contributed by atoms with Gasteiger partial charge in [0.15, 0.2) is 0 Å². The molecule has 0 aliphatic rings. The van der Waals surface area contributed by atoms with E-state index in [1.165, 1.54) is 0 Å². The van der Waals surface area contributed by atoms with E-state index < -0.39 is 0 Å². The number of hydrogen-bond donors (Lipinski definition) is 1. The number of nitrogens with two attached hydrogens (primary N) is 1. The number of nitrogens with zero attached hydrogens (tertiary/aromatic N) is 4. The van der Waals surface area contributed by atoms with Gasteiger partial charge in [0.2, 0.25) is 0 Å². The van der Waals surface area contributed by atoms with Gasteiger partial charge < -0.3 is 5.73 Å². The lowest BCUT2D eigenvalue weighted by atomic mass is 10.1. The highest BCUT2D eigenvalue weighted by Gasteiger charge is 2.17. The first kappa shape index (κ1) is 11.9. The van der Waals surface area contributed by atoms with Gasteiger partial charge in [-0.05, 0) is 32.9 Å². The summed E-state index contributed by atoms with van der Waals surface area (Å²) in [5.41, 5.74) is 9.38. The summed E-state index contributed by atoms with van der Waals surface area (Å²) in [6.45, 7) is 7.78. The summed E-state index contributed by atoms with van der Waals surface area (Å²) in [7, 11) is 0. The summed E-state index contributed by atoms with van der Waals surface area (Å²) in [5, 5.41) is 8.67. The van der Waals surface area contributed by atoms with Gasteiger partial charge in [-0.3, -0.25) is 9.36 Å². The number of aryl methyl sites for hydroxylation is 3. The molecule has 0 spiro atoms. The van der Waals surface area contributed by atoms with E-state index in [0.29, 0.717) is 0 Å². The number of aromatic nitrogens is 4. The van der Waals surface area contributed by atoms with Crippen LogP contribution in [0.2, 0.25) is 0 Å². The van der Waals surface area contributed by atoms with E-state index in [-0.39, 0.29) is 6.04 Å². The fraction of sp³-hybridized carbons (Fsp3) is 0.500. The lowest BCUT2D eigenvalue weighted by Crippen LogP contribution is -2.20. The zero-order chi connectivity index (χ0) is 12.4. The molecule has 0 saturated carbocycles. The largest absolute Gasteiger partial charge is 0.318 e. The highest BCUT2D eigenvalue weighted by atomic mass is 15.3.